The molecule has 0 saturated carbocycles. The fourth-order valence-corrected chi connectivity index (χ4v) is 4.34. The summed E-state index contributed by atoms with van der Waals surface area (Å²) in [5.74, 6) is -4.79. The molecule has 2 heterocycles. The molecular weight excluding hydrogens is 518 g/mol. The summed E-state index contributed by atoms with van der Waals surface area (Å²) < 4.78 is 70.5. The number of alkyl halides is 5. The number of nitrogens with zero attached hydrogens (tertiary/aromatic N) is 1. The molecule has 2 aromatic carbocycles. The first kappa shape index (κ1) is 25.3. The Bertz CT molecular complexity index is 1290. The van der Waals surface area contributed by atoms with Crippen LogP contribution in [0.2, 0.25) is 10.0 Å². The quantitative estimate of drug-likeness (QED) is 0.308. The number of imidazole rings is 1. The second-order valence-corrected chi connectivity index (χ2v) is 9.62. The van der Waals surface area contributed by atoms with Crippen LogP contribution in [-0.4, -0.2) is 40.1 Å². The molecule has 0 fully saturated rings. The summed E-state index contributed by atoms with van der Waals surface area (Å²) in [5, 5.41) is 5.55. The number of carbonyl (C=O) groups is 1. The van der Waals surface area contributed by atoms with Gasteiger partial charge >= 0.3 is 6.18 Å². The molecule has 1 aliphatic rings. The molecule has 3 aromatic rings. The Labute approximate surface area is 206 Å². The van der Waals surface area contributed by atoms with Crippen LogP contribution >= 0.6 is 23.2 Å². The number of amides is 1. The number of anilines is 2. The molecule has 0 radical (unpaired) electrons. The van der Waals surface area contributed by atoms with E-state index < -0.39 is 36.6 Å². The normalized spacial score (nSPS) is 15.1. The number of hydrogen-bond acceptors (Lipinski definition) is 4. The number of aromatic nitrogens is 2. The van der Waals surface area contributed by atoms with Crippen LogP contribution in [0.1, 0.15) is 36.2 Å². The summed E-state index contributed by atoms with van der Waals surface area (Å²) in [6.45, 7) is 2.06. The number of rotatable bonds is 6. The van der Waals surface area contributed by atoms with Crippen molar-refractivity contribution in [1.29, 1.82) is 0 Å². The highest BCUT2D eigenvalue weighted by Gasteiger charge is 2.44. The zero-order valence-electron chi connectivity index (χ0n) is 18.3. The molecule has 0 aliphatic carbocycles. The van der Waals surface area contributed by atoms with E-state index in [0.29, 0.717) is 38.8 Å². The SMILES string of the molecule is CC1(C)Cc2c(c(C(=O)NCC(F)(F)CC(F)(F)F)cc3[nH]c(Nc4c(Cl)cccc4Cl)nc23)O1. The summed E-state index contributed by atoms with van der Waals surface area (Å²) in [5.41, 5.74) is 0.956. The van der Waals surface area contributed by atoms with Crippen LogP contribution in [-0.2, 0) is 6.42 Å². The fourth-order valence-electron chi connectivity index (χ4n) is 3.84. The lowest BCUT2D eigenvalue weighted by molar-refractivity contribution is -0.185. The van der Waals surface area contributed by atoms with Crippen LogP contribution in [0.15, 0.2) is 24.3 Å². The smallest absolute Gasteiger partial charge is 0.394 e. The van der Waals surface area contributed by atoms with E-state index in [9.17, 15) is 26.7 Å². The maximum Gasteiger partial charge on any atom is 0.394 e. The average Bonchev–Trinajstić information content (AvgIpc) is 3.25. The van der Waals surface area contributed by atoms with Gasteiger partial charge in [0.15, 0.2) is 0 Å². The zero-order chi connectivity index (χ0) is 25.8. The van der Waals surface area contributed by atoms with Crippen molar-refractivity contribution < 1.29 is 31.5 Å². The Morgan fingerprint density at radius 3 is 2.49 bits per heavy atom. The molecule has 188 valence electrons. The average molecular weight is 537 g/mol. The number of hydrogen-bond donors (Lipinski definition) is 3. The third kappa shape index (κ3) is 5.56. The van der Waals surface area contributed by atoms with E-state index in [-0.39, 0.29) is 17.3 Å². The maximum absolute atomic E-state index is 13.7. The summed E-state index contributed by atoms with van der Waals surface area (Å²) in [7, 11) is 0. The molecule has 6 nitrogen and oxygen atoms in total. The number of halogens is 7. The Kier molecular flexibility index (Phi) is 6.29. The molecule has 1 aromatic heterocycles. The third-order valence-corrected chi connectivity index (χ3v) is 5.85. The van der Waals surface area contributed by atoms with Gasteiger partial charge in [0, 0.05) is 12.0 Å². The number of benzene rings is 2. The lowest BCUT2D eigenvalue weighted by Crippen LogP contribution is -2.39. The minimum Gasteiger partial charge on any atom is -0.486 e. The molecule has 4 rings (SSSR count). The zero-order valence-corrected chi connectivity index (χ0v) is 19.9. The Morgan fingerprint density at radius 1 is 1.20 bits per heavy atom. The Morgan fingerprint density at radius 2 is 1.86 bits per heavy atom. The number of H-pyrrole nitrogens is 1. The van der Waals surface area contributed by atoms with Crippen LogP contribution < -0.4 is 15.4 Å². The molecule has 13 heteroatoms. The van der Waals surface area contributed by atoms with Crippen LogP contribution in [0.3, 0.4) is 0 Å². The van der Waals surface area contributed by atoms with Gasteiger partial charge in [0.25, 0.3) is 11.8 Å². The first-order valence-electron chi connectivity index (χ1n) is 10.3. The molecule has 1 amide bonds. The predicted octanol–water partition coefficient (Wildman–Crippen LogP) is 6.64. The number of para-hydroxylation sites is 1. The second kappa shape index (κ2) is 8.70. The van der Waals surface area contributed by atoms with Crippen LogP contribution in [0.5, 0.6) is 5.75 Å². The molecule has 1 aliphatic heterocycles. The molecule has 0 saturated heterocycles. The standard InChI is InChI=1S/C22H19Cl2F5N4O2/c1-20(2)7-11-15-14(31-19(32-15)33-16-12(23)4-3-5-13(16)24)6-10(17(11)35-20)18(34)30-9-21(25,26)8-22(27,28)29/h3-6H,7-9H2,1-2H3,(H,30,34)(H2,31,32,33). The van der Waals surface area contributed by atoms with E-state index in [1.807, 2.05) is 5.32 Å². The highest BCUT2D eigenvalue weighted by molar-refractivity contribution is 6.39. The Balaban J connectivity index is 1.68. The van der Waals surface area contributed by atoms with Gasteiger partial charge in [-0.15, -0.1) is 0 Å². The first-order valence-corrected chi connectivity index (χ1v) is 11.1. The van der Waals surface area contributed by atoms with Crippen LogP contribution in [0.25, 0.3) is 11.0 Å². The minimum absolute atomic E-state index is 0.105. The van der Waals surface area contributed by atoms with Crippen molar-refractivity contribution in [2.45, 2.75) is 44.4 Å². The molecule has 0 bridgehead atoms. The van der Waals surface area contributed by atoms with E-state index in [2.05, 4.69) is 15.3 Å². The topological polar surface area (TPSA) is 79.0 Å². The van der Waals surface area contributed by atoms with Crippen molar-refractivity contribution in [3.63, 3.8) is 0 Å². The molecular formula is C22H19Cl2F5N4O2. The highest BCUT2D eigenvalue weighted by atomic mass is 35.5. The monoisotopic (exact) mass is 536 g/mol. The van der Waals surface area contributed by atoms with Gasteiger partial charge in [-0.05, 0) is 32.0 Å². The summed E-state index contributed by atoms with van der Waals surface area (Å²) in [4.78, 5) is 20.3. The number of carbonyl (C=O) groups excluding carboxylic acids is 1. The summed E-state index contributed by atoms with van der Waals surface area (Å²) in [6.07, 6.45) is -7.08. The van der Waals surface area contributed by atoms with Gasteiger partial charge in [-0.25, -0.2) is 13.8 Å². The minimum atomic E-state index is -5.08. The van der Waals surface area contributed by atoms with Crippen molar-refractivity contribution in [1.82, 2.24) is 15.3 Å². The second-order valence-electron chi connectivity index (χ2n) is 8.80. The van der Waals surface area contributed by atoms with Gasteiger partial charge in [0.2, 0.25) is 5.95 Å². The molecule has 0 spiro atoms. The van der Waals surface area contributed by atoms with Crippen molar-refractivity contribution in [3.8, 4) is 5.75 Å². The fraction of sp³-hybridized carbons (Fsp3) is 0.364. The molecule has 0 atom stereocenters. The molecule has 3 N–H and O–H groups in total. The van der Waals surface area contributed by atoms with Crippen molar-refractivity contribution in [2.24, 2.45) is 0 Å². The Hall–Kier alpha value is -2.79. The van der Waals surface area contributed by atoms with Crippen LogP contribution in [0, 0.1) is 0 Å². The number of ether oxygens (including phenoxy) is 1. The number of nitrogens with one attached hydrogen (secondary N) is 3. The molecule has 35 heavy (non-hydrogen) atoms. The van der Waals surface area contributed by atoms with Crippen molar-refractivity contribution >= 4 is 51.8 Å². The van der Waals surface area contributed by atoms with Gasteiger partial charge in [-0.3, -0.25) is 4.79 Å². The van der Waals surface area contributed by atoms with Gasteiger partial charge in [-0.1, -0.05) is 29.3 Å². The first-order chi connectivity index (χ1) is 16.1. The van der Waals surface area contributed by atoms with E-state index in [1.165, 1.54) is 6.07 Å². The van der Waals surface area contributed by atoms with E-state index in [4.69, 9.17) is 27.9 Å². The summed E-state index contributed by atoms with van der Waals surface area (Å²) in [6, 6.07) is 6.27. The lowest BCUT2D eigenvalue weighted by atomic mass is 9.98. The number of aromatic amines is 1. The molecule has 0 unspecified atom stereocenters. The predicted molar refractivity (Wildman–Crippen MR) is 122 cm³/mol. The van der Waals surface area contributed by atoms with E-state index in [0.717, 1.165) is 0 Å². The van der Waals surface area contributed by atoms with Crippen molar-refractivity contribution in [3.05, 3.63) is 45.4 Å². The van der Waals surface area contributed by atoms with E-state index in [1.54, 1.807) is 32.0 Å². The third-order valence-electron chi connectivity index (χ3n) is 5.22. The largest absolute Gasteiger partial charge is 0.486 e. The highest BCUT2D eigenvalue weighted by Crippen LogP contribution is 2.43. The maximum atomic E-state index is 13.7. The van der Waals surface area contributed by atoms with E-state index >= 15 is 0 Å². The van der Waals surface area contributed by atoms with Gasteiger partial charge in [0.05, 0.1) is 38.9 Å². The van der Waals surface area contributed by atoms with Gasteiger partial charge in [-0.2, -0.15) is 13.2 Å². The lowest BCUT2D eigenvalue weighted by Gasteiger charge is -2.20. The van der Waals surface area contributed by atoms with Gasteiger partial charge in [0.1, 0.15) is 17.8 Å². The summed E-state index contributed by atoms with van der Waals surface area (Å²) >= 11 is 12.4. The van der Waals surface area contributed by atoms with Gasteiger partial charge < -0.3 is 20.4 Å². The number of fused-ring (bicyclic) bond motifs is 3. The van der Waals surface area contributed by atoms with Crippen molar-refractivity contribution in [2.75, 3.05) is 11.9 Å². The van der Waals surface area contributed by atoms with Crippen LogP contribution in [0.4, 0.5) is 33.6 Å².